The van der Waals surface area contributed by atoms with E-state index in [2.05, 4.69) is 5.32 Å². The first-order valence-electron chi connectivity index (χ1n) is 7.80. The Morgan fingerprint density at radius 1 is 1.38 bits per heavy atom. The van der Waals surface area contributed by atoms with Gasteiger partial charge in [-0.3, -0.25) is 24.6 Å². The zero-order valence-corrected chi connectivity index (χ0v) is 13.7. The van der Waals surface area contributed by atoms with Gasteiger partial charge in [0.15, 0.2) is 0 Å². The highest BCUT2D eigenvalue weighted by Crippen LogP contribution is 2.49. The monoisotopic (exact) mass is 334 g/mol. The van der Waals surface area contributed by atoms with Crippen LogP contribution in [0.25, 0.3) is 0 Å². The zero-order valence-electron chi connectivity index (χ0n) is 13.7. The maximum absolute atomic E-state index is 13.6. The van der Waals surface area contributed by atoms with Crippen LogP contribution in [0.15, 0.2) is 24.3 Å². The Hall–Kier alpha value is -2.28. The lowest BCUT2D eigenvalue weighted by Gasteiger charge is -2.30. The summed E-state index contributed by atoms with van der Waals surface area (Å²) >= 11 is 0. The number of carbonyl (C=O) groups excluding carboxylic acids is 3. The van der Waals surface area contributed by atoms with Crippen molar-refractivity contribution in [1.82, 2.24) is 10.2 Å². The summed E-state index contributed by atoms with van der Waals surface area (Å²) in [6.07, 6.45) is 0.277. The van der Waals surface area contributed by atoms with Crippen LogP contribution in [0.1, 0.15) is 24.9 Å². The van der Waals surface area contributed by atoms with Gasteiger partial charge < -0.3 is 4.74 Å². The number of amides is 2. The molecule has 2 saturated heterocycles. The number of likely N-dealkylation sites (tertiary alicyclic amines) is 1. The van der Waals surface area contributed by atoms with Crippen LogP contribution < -0.4 is 5.32 Å². The first-order chi connectivity index (χ1) is 11.4. The van der Waals surface area contributed by atoms with Crippen molar-refractivity contribution in [1.29, 1.82) is 0 Å². The summed E-state index contributed by atoms with van der Waals surface area (Å²) in [6.45, 7) is 1.75. The molecular formula is C17H19FN2O4. The van der Waals surface area contributed by atoms with Gasteiger partial charge in [0, 0.05) is 13.1 Å². The summed E-state index contributed by atoms with van der Waals surface area (Å²) in [5, 5.41) is 3.12. The fraction of sp³-hybridized carbons (Fsp3) is 0.471. The van der Waals surface area contributed by atoms with Crippen molar-refractivity contribution in [2.45, 2.75) is 24.9 Å². The molecule has 2 fully saturated rings. The predicted octanol–water partition coefficient (Wildman–Crippen LogP) is 1.02. The molecule has 4 atom stereocenters. The van der Waals surface area contributed by atoms with Gasteiger partial charge >= 0.3 is 5.97 Å². The third-order valence-corrected chi connectivity index (χ3v) is 5.19. The molecule has 0 spiro atoms. The summed E-state index contributed by atoms with van der Waals surface area (Å²) in [5.74, 6) is -3.43. The molecule has 0 radical (unpaired) electrons. The van der Waals surface area contributed by atoms with Gasteiger partial charge in [-0.1, -0.05) is 19.1 Å². The lowest BCUT2D eigenvalue weighted by molar-refractivity contribution is -0.154. The number of benzene rings is 1. The average molecular weight is 334 g/mol. The Labute approximate surface area is 139 Å². The highest BCUT2D eigenvalue weighted by molar-refractivity contribution is 6.09. The van der Waals surface area contributed by atoms with Crippen LogP contribution in [-0.4, -0.2) is 42.4 Å². The second-order valence-corrected chi connectivity index (χ2v) is 6.23. The Bertz CT molecular complexity index is 722. The Morgan fingerprint density at radius 2 is 2.08 bits per heavy atom. The minimum absolute atomic E-state index is 0.277. The Morgan fingerprint density at radius 3 is 2.67 bits per heavy atom. The molecule has 2 heterocycles. The van der Waals surface area contributed by atoms with Crippen molar-refractivity contribution in [2.24, 2.45) is 11.8 Å². The van der Waals surface area contributed by atoms with Crippen LogP contribution >= 0.6 is 0 Å². The number of ether oxygens (including phenoxy) is 1. The fourth-order valence-electron chi connectivity index (χ4n) is 3.97. The van der Waals surface area contributed by atoms with Gasteiger partial charge in [-0.05, 0) is 24.1 Å². The summed E-state index contributed by atoms with van der Waals surface area (Å²) in [6, 6.07) is 5.20. The van der Waals surface area contributed by atoms with E-state index in [4.69, 9.17) is 4.74 Å². The molecule has 24 heavy (non-hydrogen) atoms. The molecule has 2 aliphatic rings. The highest BCUT2D eigenvalue weighted by atomic mass is 19.1. The molecule has 3 rings (SSSR count). The summed E-state index contributed by atoms with van der Waals surface area (Å²) in [7, 11) is 2.65. The van der Waals surface area contributed by atoms with Gasteiger partial charge in [-0.25, -0.2) is 4.39 Å². The number of nitrogens with one attached hydrogen (secondary N) is 1. The van der Waals surface area contributed by atoms with Crippen LogP contribution in [-0.2, 0) is 19.1 Å². The van der Waals surface area contributed by atoms with E-state index in [1.807, 2.05) is 0 Å². The summed E-state index contributed by atoms with van der Waals surface area (Å²) in [5.41, 5.74) is -0.769. The molecule has 0 unspecified atom stereocenters. The molecule has 2 amide bonds. The van der Waals surface area contributed by atoms with Crippen LogP contribution in [0.5, 0.6) is 0 Å². The van der Waals surface area contributed by atoms with Crippen LogP contribution in [0.3, 0.4) is 0 Å². The number of halogens is 1. The quantitative estimate of drug-likeness (QED) is 0.660. The smallest absolute Gasteiger partial charge is 0.326 e. The van der Waals surface area contributed by atoms with E-state index in [9.17, 15) is 18.8 Å². The molecule has 0 aliphatic carbocycles. The normalized spacial score (nSPS) is 32.2. The first kappa shape index (κ1) is 16.6. The zero-order chi connectivity index (χ0) is 17.6. The maximum atomic E-state index is 13.6. The predicted molar refractivity (Wildman–Crippen MR) is 82.1 cm³/mol. The van der Waals surface area contributed by atoms with Gasteiger partial charge in [-0.2, -0.15) is 0 Å². The fourth-order valence-corrected chi connectivity index (χ4v) is 3.97. The van der Waals surface area contributed by atoms with Crippen LogP contribution in [0, 0.1) is 17.7 Å². The SMILES string of the molecule is CC[C@]1(C(=O)OC)N[C@H](c2cccc(F)c2)[C@H]2C(=O)N(C)C(=O)[C@H]21. The topological polar surface area (TPSA) is 75.7 Å². The number of fused-ring (bicyclic) bond motifs is 1. The number of methoxy groups -OCH3 is 1. The number of hydrogen-bond acceptors (Lipinski definition) is 5. The maximum Gasteiger partial charge on any atom is 0.326 e. The van der Waals surface area contributed by atoms with Crippen molar-refractivity contribution in [3.63, 3.8) is 0 Å². The minimum Gasteiger partial charge on any atom is -0.468 e. The third-order valence-electron chi connectivity index (χ3n) is 5.19. The third kappa shape index (κ3) is 2.07. The van der Waals surface area contributed by atoms with Crippen molar-refractivity contribution in [3.05, 3.63) is 35.6 Å². The molecule has 128 valence electrons. The summed E-state index contributed by atoms with van der Waals surface area (Å²) < 4.78 is 18.5. The number of nitrogens with zero attached hydrogens (tertiary/aromatic N) is 1. The lowest BCUT2D eigenvalue weighted by atomic mass is 9.78. The minimum atomic E-state index is -1.30. The van der Waals surface area contributed by atoms with E-state index in [1.165, 1.54) is 32.4 Å². The second-order valence-electron chi connectivity index (χ2n) is 6.23. The molecule has 0 saturated carbocycles. The van der Waals surface area contributed by atoms with Gasteiger partial charge in [0.1, 0.15) is 11.4 Å². The van der Waals surface area contributed by atoms with Gasteiger partial charge in [0.05, 0.1) is 18.9 Å². The van der Waals surface area contributed by atoms with Gasteiger partial charge in [0.25, 0.3) is 0 Å². The van der Waals surface area contributed by atoms with Crippen LogP contribution in [0.4, 0.5) is 4.39 Å². The second kappa shape index (κ2) is 5.66. The largest absolute Gasteiger partial charge is 0.468 e. The average Bonchev–Trinajstić information content (AvgIpc) is 3.05. The van der Waals surface area contributed by atoms with E-state index in [1.54, 1.807) is 13.0 Å². The highest BCUT2D eigenvalue weighted by Gasteiger charge is 2.67. The molecule has 0 bridgehead atoms. The Kier molecular flexibility index (Phi) is 3.91. The number of hydrogen-bond donors (Lipinski definition) is 1. The first-order valence-corrected chi connectivity index (χ1v) is 7.80. The van der Waals surface area contributed by atoms with Gasteiger partial charge in [-0.15, -0.1) is 0 Å². The lowest BCUT2D eigenvalue weighted by Crippen LogP contribution is -2.55. The molecule has 0 aromatic heterocycles. The van der Waals surface area contributed by atoms with E-state index in [-0.39, 0.29) is 12.3 Å². The van der Waals surface area contributed by atoms with Gasteiger partial charge in [0.2, 0.25) is 11.8 Å². The Balaban J connectivity index is 2.14. The molecule has 6 nitrogen and oxygen atoms in total. The number of carbonyl (C=O) groups is 3. The number of imide groups is 1. The molecule has 1 aromatic carbocycles. The van der Waals surface area contributed by atoms with E-state index >= 15 is 0 Å². The van der Waals surface area contributed by atoms with Crippen molar-refractivity contribution in [2.75, 3.05) is 14.2 Å². The van der Waals surface area contributed by atoms with Crippen LogP contribution in [0.2, 0.25) is 0 Å². The molecule has 2 aliphatic heterocycles. The van der Waals surface area contributed by atoms with E-state index in [0.717, 1.165) is 4.90 Å². The van der Waals surface area contributed by atoms with Crippen molar-refractivity contribution in [3.8, 4) is 0 Å². The summed E-state index contributed by atoms with van der Waals surface area (Å²) in [4.78, 5) is 38.7. The standard InChI is InChI=1S/C17H19FN2O4/c1-4-17(16(23)24-3)12-11(14(21)20(2)15(12)22)13(19-17)9-6-5-7-10(18)8-9/h5-8,11-13,19H,4H2,1-3H3/t11-,12-,13+,17-/m0/s1. The van der Waals surface area contributed by atoms with Crippen molar-refractivity contribution >= 4 is 17.8 Å². The molecular weight excluding hydrogens is 315 g/mol. The number of rotatable bonds is 3. The van der Waals surface area contributed by atoms with Crippen molar-refractivity contribution < 1.29 is 23.5 Å². The molecule has 7 heteroatoms. The van der Waals surface area contributed by atoms with E-state index in [0.29, 0.717) is 5.56 Å². The number of esters is 1. The molecule has 1 N–H and O–H groups in total. The molecule has 1 aromatic rings. The van der Waals surface area contributed by atoms with E-state index < -0.39 is 41.1 Å².